The molecule has 27 heavy (non-hydrogen) atoms. The number of benzene rings is 2. The van der Waals surface area contributed by atoms with Gasteiger partial charge in [-0.15, -0.1) is 0 Å². The van der Waals surface area contributed by atoms with Crippen LogP contribution in [0.4, 0.5) is 10.1 Å². The summed E-state index contributed by atoms with van der Waals surface area (Å²) in [5.74, 6) is 0.628. The molecule has 1 aromatic heterocycles. The average molecular weight is 367 g/mol. The topological polar surface area (TPSA) is 51.5 Å². The predicted molar refractivity (Wildman–Crippen MR) is 106 cm³/mol. The van der Waals surface area contributed by atoms with Crippen LogP contribution in [0.1, 0.15) is 29.4 Å². The van der Waals surface area contributed by atoms with Crippen LogP contribution in [0.5, 0.6) is 5.75 Å². The molecule has 0 saturated carbocycles. The monoisotopic (exact) mass is 367 g/mol. The van der Waals surface area contributed by atoms with Gasteiger partial charge in [0.25, 0.3) is 0 Å². The molecule has 3 rings (SSSR count). The minimum Gasteiger partial charge on any atom is -0.496 e. The molecule has 0 unspecified atom stereocenters. The maximum Gasteiger partial charge on any atom is 0.248 e. The molecule has 0 aliphatic heterocycles. The number of rotatable bonds is 4. The molecule has 5 heteroatoms. The summed E-state index contributed by atoms with van der Waals surface area (Å²) in [6.45, 7) is 7.68. The van der Waals surface area contributed by atoms with E-state index in [2.05, 4.69) is 5.32 Å². The van der Waals surface area contributed by atoms with Crippen LogP contribution >= 0.6 is 0 Å². The molecule has 140 valence electrons. The van der Waals surface area contributed by atoms with Crippen LogP contribution in [0.15, 0.2) is 40.8 Å². The highest BCUT2D eigenvalue weighted by molar-refractivity contribution is 6.05. The van der Waals surface area contributed by atoms with Crippen LogP contribution in [-0.4, -0.2) is 13.0 Å². The molecular formula is C22H22FNO3. The van der Waals surface area contributed by atoms with Crippen LogP contribution in [0.25, 0.3) is 16.5 Å². The largest absolute Gasteiger partial charge is 0.496 e. The Morgan fingerprint density at radius 3 is 2.56 bits per heavy atom. The van der Waals surface area contributed by atoms with E-state index in [0.717, 1.165) is 33.4 Å². The molecule has 0 aliphatic carbocycles. The Morgan fingerprint density at radius 2 is 1.89 bits per heavy atom. The summed E-state index contributed by atoms with van der Waals surface area (Å²) in [6, 6.07) is 8.03. The van der Waals surface area contributed by atoms with Gasteiger partial charge >= 0.3 is 0 Å². The Kier molecular flexibility index (Phi) is 5.04. The van der Waals surface area contributed by atoms with Crippen molar-refractivity contribution in [1.82, 2.24) is 0 Å². The molecule has 0 fully saturated rings. The molecule has 0 saturated heterocycles. The van der Waals surface area contributed by atoms with E-state index in [4.69, 9.17) is 9.15 Å². The third kappa shape index (κ3) is 3.45. The molecule has 1 N–H and O–H groups in total. The Bertz CT molecular complexity index is 1060. The predicted octanol–water partition coefficient (Wildman–Crippen LogP) is 5.55. The summed E-state index contributed by atoms with van der Waals surface area (Å²) in [6.07, 6.45) is 1.44. The van der Waals surface area contributed by atoms with E-state index in [9.17, 15) is 9.18 Å². The second kappa shape index (κ2) is 7.27. The molecule has 0 radical (unpaired) electrons. The molecule has 1 amide bonds. The summed E-state index contributed by atoms with van der Waals surface area (Å²) in [4.78, 5) is 12.4. The molecule has 0 atom stereocenters. The van der Waals surface area contributed by atoms with Gasteiger partial charge in [0.05, 0.1) is 12.8 Å². The number of ether oxygens (including phenoxy) is 1. The highest BCUT2D eigenvalue weighted by Gasteiger charge is 2.18. The summed E-state index contributed by atoms with van der Waals surface area (Å²) in [5, 5.41) is 3.55. The van der Waals surface area contributed by atoms with Crippen molar-refractivity contribution in [3.05, 3.63) is 64.7 Å². The maximum absolute atomic E-state index is 13.7. The van der Waals surface area contributed by atoms with Gasteiger partial charge in [-0.1, -0.05) is 12.1 Å². The number of hydrogen-bond donors (Lipinski definition) is 1. The molecule has 1 heterocycles. The maximum atomic E-state index is 13.7. The first-order valence-electron chi connectivity index (χ1n) is 8.65. The van der Waals surface area contributed by atoms with Gasteiger partial charge in [-0.05, 0) is 57.0 Å². The van der Waals surface area contributed by atoms with E-state index in [0.29, 0.717) is 11.3 Å². The number of amides is 1. The van der Waals surface area contributed by atoms with Gasteiger partial charge in [-0.2, -0.15) is 0 Å². The lowest BCUT2D eigenvalue weighted by atomic mass is 9.98. The zero-order valence-corrected chi connectivity index (χ0v) is 16.1. The van der Waals surface area contributed by atoms with Crippen LogP contribution in [0.2, 0.25) is 0 Å². The first kappa shape index (κ1) is 18.7. The number of hydrogen-bond acceptors (Lipinski definition) is 3. The molecule has 4 nitrogen and oxygen atoms in total. The number of aryl methyl sites for hydroxylation is 3. The molecule has 0 spiro atoms. The van der Waals surface area contributed by atoms with Crippen molar-refractivity contribution in [3.63, 3.8) is 0 Å². The van der Waals surface area contributed by atoms with Crippen molar-refractivity contribution in [2.24, 2.45) is 0 Å². The zero-order chi connectivity index (χ0) is 19.7. The minimum atomic E-state index is -0.476. The van der Waals surface area contributed by atoms with Gasteiger partial charge in [-0.3, -0.25) is 4.79 Å². The zero-order valence-electron chi connectivity index (χ0n) is 16.1. The van der Waals surface area contributed by atoms with Crippen molar-refractivity contribution in [2.75, 3.05) is 12.4 Å². The summed E-state index contributed by atoms with van der Waals surface area (Å²) in [5.41, 5.74) is 4.38. The Labute approximate surface area is 157 Å². The van der Waals surface area contributed by atoms with E-state index < -0.39 is 11.7 Å². The second-order valence-electron chi connectivity index (χ2n) is 6.54. The highest BCUT2D eigenvalue weighted by atomic mass is 19.1. The van der Waals surface area contributed by atoms with Gasteiger partial charge in [0.1, 0.15) is 22.9 Å². The Balaban J connectivity index is 2.02. The van der Waals surface area contributed by atoms with Crippen LogP contribution in [-0.2, 0) is 4.79 Å². The number of fused-ring (bicyclic) bond motifs is 1. The van der Waals surface area contributed by atoms with E-state index in [1.165, 1.54) is 18.2 Å². The quantitative estimate of drug-likeness (QED) is 0.615. The van der Waals surface area contributed by atoms with Crippen molar-refractivity contribution in [1.29, 1.82) is 0 Å². The number of carbonyl (C=O) groups is 1. The Morgan fingerprint density at radius 1 is 1.19 bits per heavy atom. The number of halogens is 1. The van der Waals surface area contributed by atoms with E-state index in [1.807, 2.05) is 33.8 Å². The van der Waals surface area contributed by atoms with Gasteiger partial charge < -0.3 is 14.5 Å². The fourth-order valence-electron chi connectivity index (χ4n) is 3.17. The second-order valence-corrected chi connectivity index (χ2v) is 6.54. The number of allylic oxidation sites excluding steroid dienone is 1. The van der Waals surface area contributed by atoms with E-state index in [-0.39, 0.29) is 5.69 Å². The van der Waals surface area contributed by atoms with E-state index >= 15 is 0 Å². The fraction of sp³-hybridized carbons (Fsp3) is 0.227. The van der Waals surface area contributed by atoms with Gasteiger partial charge in [-0.25, -0.2) is 4.39 Å². The molecule has 3 aromatic rings. The van der Waals surface area contributed by atoms with E-state index in [1.54, 1.807) is 19.2 Å². The number of anilines is 1. The van der Waals surface area contributed by atoms with Crippen molar-refractivity contribution < 1.29 is 18.3 Å². The standard InChI is InChI=1S/C22H22FNO3/c1-12(10-20(25)24-19-9-7-6-8-18(19)23)16-11-17-13(2)15(4)27-22(17)14(3)21(16)26-5/h6-11H,1-5H3,(H,24,25)/b12-10+. The van der Waals surface area contributed by atoms with Crippen LogP contribution < -0.4 is 10.1 Å². The number of furan rings is 1. The first-order chi connectivity index (χ1) is 12.8. The SMILES string of the molecule is COc1c(/C(C)=C/C(=O)Nc2ccccc2F)cc2c(C)c(C)oc2c1C. The lowest BCUT2D eigenvalue weighted by Gasteiger charge is -2.13. The third-order valence-corrected chi connectivity index (χ3v) is 4.75. The number of methoxy groups -OCH3 is 1. The normalized spacial score (nSPS) is 11.7. The van der Waals surface area contributed by atoms with Crippen molar-refractivity contribution in [2.45, 2.75) is 27.7 Å². The molecule has 2 aromatic carbocycles. The number of carbonyl (C=O) groups excluding carboxylic acids is 1. The number of nitrogens with one attached hydrogen (secondary N) is 1. The molecule has 0 aliphatic rings. The average Bonchev–Trinajstić information content (AvgIpc) is 2.92. The molecule has 0 bridgehead atoms. The van der Waals surface area contributed by atoms with Crippen LogP contribution in [0, 0.1) is 26.6 Å². The van der Waals surface area contributed by atoms with Crippen LogP contribution in [0.3, 0.4) is 0 Å². The summed E-state index contributed by atoms with van der Waals surface area (Å²) < 4.78 is 25.2. The lowest BCUT2D eigenvalue weighted by Crippen LogP contribution is -2.10. The van der Waals surface area contributed by atoms with Crippen molar-refractivity contribution in [3.8, 4) is 5.75 Å². The summed E-state index contributed by atoms with van der Waals surface area (Å²) in [7, 11) is 1.59. The van der Waals surface area contributed by atoms with Crippen molar-refractivity contribution >= 4 is 28.1 Å². The fourth-order valence-corrected chi connectivity index (χ4v) is 3.17. The van der Waals surface area contributed by atoms with Gasteiger partial charge in [0.2, 0.25) is 5.91 Å². The molecular weight excluding hydrogens is 345 g/mol. The summed E-state index contributed by atoms with van der Waals surface area (Å²) >= 11 is 0. The smallest absolute Gasteiger partial charge is 0.248 e. The van der Waals surface area contributed by atoms with Gasteiger partial charge in [0, 0.05) is 22.6 Å². The minimum absolute atomic E-state index is 0.145. The van der Waals surface area contributed by atoms with Gasteiger partial charge in [0.15, 0.2) is 0 Å². The Hall–Kier alpha value is -3.08. The first-order valence-corrected chi connectivity index (χ1v) is 8.65. The third-order valence-electron chi connectivity index (χ3n) is 4.75. The number of para-hydroxylation sites is 1. The lowest BCUT2D eigenvalue weighted by molar-refractivity contribution is -0.111. The highest BCUT2D eigenvalue weighted by Crippen LogP contribution is 2.38.